The van der Waals surface area contributed by atoms with Crippen molar-refractivity contribution in [2.24, 2.45) is 0 Å². The minimum Gasteiger partial charge on any atom is -0.385 e. The molecule has 1 aromatic heterocycles. The van der Waals surface area contributed by atoms with Crippen LogP contribution < -0.4 is 10.6 Å². The SMILES string of the molecule is Cc1noc(C)c1CNCc1cccc2c1CCCN2. The Hall–Kier alpha value is -1.81. The minimum absolute atomic E-state index is 0.804. The second-order valence-electron chi connectivity index (χ2n) is 5.38. The molecule has 4 nitrogen and oxygen atoms in total. The molecule has 0 unspecified atom stereocenters. The summed E-state index contributed by atoms with van der Waals surface area (Å²) in [5, 5.41) is 11.0. The summed E-state index contributed by atoms with van der Waals surface area (Å²) in [4.78, 5) is 0. The van der Waals surface area contributed by atoms with Crippen LogP contribution in [-0.4, -0.2) is 11.7 Å². The molecule has 3 rings (SSSR count). The van der Waals surface area contributed by atoms with Crippen LogP contribution in [0.15, 0.2) is 22.7 Å². The summed E-state index contributed by atoms with van der Waals surface area (Å²) >= 11 is 0. The van der Waals surface area contributed by atoms with Crippen LogP contribution in [0.25, 0.3) is 0 Å². The van der Waals surface area contributed by atoms with Gasteiger partial charge < -0.3 is 15.2 Å². The largest absolute Gasteiger partial charge is 0.385 e. The van der Waals surface area contributed by atoms with Gasteiger partial charge in [0.05, 0.1) is 5.69 Å². The van der Waals surface area contributed by atoms with E-state index >= 15 is 0 Å². The van der Waals surface area contributed by atoms with E-state index in [1.807, 2.05) is 13.8 Å². The summed E-state index contributed by atoms with van der Waals surface area (Å²) < 4.78 is 5.19. The smallest absolute Gasteiger partial charge is 0.138 e. The first-order valence-electron chi connectivity index (χ1n) is 7.23. The van der Waals surface area contributed by atoms with Gasteiger partial charge in [0.25, 0.3) is 0 Å². The van der Waals surface area contributed by atoms with Gasteiger partial charge in [0.2, 0.25) is 0 Å². The molecule has 1 aromatic carbocycles. The quantitative estimate of drug-likeness (QED) is 0.897. The second kappa shape index (κ2) is 5.67. The molecule has 0 atom stereocenters. The number of nitrogens with one attached hydrogen (secondary N) is 2. The Labute approximate surface area is 119 Å². The van der Waals surface area contributed by atoms with E-state index in [9.17, 15) is 0 Å². The second-order valence-corrected chi connectivity index (χ2v) is 5.38. The fraction of sp³-hybridized carbons (Fsp3) is 0.438. The highest BCUT2D eigenvalue weighted by molar-refractivity contribution is 5.56. The van der Waals surface area contributed by atoms with Crippen LogP contribution in [-0.2, 0) is 19.5 Å². The van der Waals surface area contributed by atoms with E-state index in [0.717, 1.165) is 31.1 Å². The van der Waals surface area contributed by atoms with E-state index in [0.29, 0.717) is 0 Å². The fourth-order valence-corrected chi connectivity index (χ4v) is 2.83. The van der Waals surface area contributed by atoms with Gasteiger partial charge in [-0.3, -0.25) is 0 Å². The first-order valence-corrected chi connectivity index (χ1v) is 7.23. The molecule has 0 amide bonds. The van der Waals surface area contributed by atoms with Crippen LogP contribution in [0, 0.1) is 13.8 Å². The number of hydrogen-bond acceptors (Lipinski definition) is 4. The highest BCUT2D eigenvalue weighted by Gasteiger charge is 2.13. The van der Waals surface area contributed by atoms with Gasteiger partial charge >= 0.3 is 0 Å². The van der Waals surface area contributed by atoms with Crippen molar-refractivity contribution < 1.29 is 4.52 Å². The van der Waals surface area contributed by atoms with Gasteiger partial charge in [-0.05, 0) is 43.9 Å². The maximum Gasteiger partial charge on any atom is 0.138 e. The summed E-state index contributed by atoms with van der Waals surface area (Å²) in [7, 11) is 0. The third kappa shape index (κ3) is 2.56. The molecule has 2 N–H and O–H groups in total. The van der Waals surface area contributed by atoms with Gasteiger partial charge in [0.15, 0.2) is 0 Å². The van der Waals surface area contributed by atoms with Crippen molar-refractivity contribution >= 4 is 5.69 Å². The average Bonchev–Trinajstić information content (AvgIpc) is 2.79. The van der Waals surface area contributed by atoms with Crippen molar-refractivity contribution in [2.45, 2.75) is 39.8 Å². The van der Waals surface area contributed by atoms with E-state index in [1.54, 1.807) is 0 Å². The van der Waals surface area contributed by atoms with Crippen LogP contribution in [0.4, 0.5) is 5.69 Å². The predicted molar refractivity (Wildman–Crippen MR) is 79.8 cm³/mol. The van der Waals surface area contributed by atoms with Gasteiger partial charge in [-0.25, -0.2) is 0 Å². The molecule has 0 bridgehead atoms. The molecule has 1 aliphatic heterocycles. The van der Waals surface area contributed by atoms with Gasteiger partial charge in [-0.2, -0.15) is 0 Å². The molecule has 106 valence electrons. The molecule has 0 spiro atoms. The van der Waals surface area contributed by atoms with Gasteiger partial charge in [-0.1, -0.05) is 17.3 Å². The van der Waals surface area contributed by atoms with Gasteiger partial charge in [-0.15, -0.1) is 0 Å². The zero-order valence-corrected chi connectivity index (χ0v) is 12.1. The maximum absolute atomic E-state index is 5.19. The molecule has 0 saturated carbocycles. The Morgan fingerprint density at radius 3 is 3.00 bits per heavy atom. The monoisotopic (exact) mass is 271 g/mol. The molecule has 1 aliphatic rings. The lowest BCUT2D eigenvalue weighted by molar-refractivity contribution is 0.392. The first kappa shape index (κ1) is 13.2. The minimum atomic E-state index is 0.804. The summed E-state index contributed by atoms with van der Waals surface area (Å²) in [6, 6.07) is 6.52. The molecular weight excluding hydrogens is 250 g/mol. The van der Waals surface area contributed by atoms with Gasteiger partial charge in [0.1, 0.15) is 5.76 Å². The summed E-state index contributed by atoms with van der Waals surface area (Å²) in [5.41, 5.74) is 6.30. The highest BCUT2D eigenvalue weighted by atomic mass is 16.5. The molecule has 20 heavy (non-hydrogen) atoms. The number of benzene rings is 1. The van der Waals surface area contributed by atoms with E-state index in [2.05, 4.69) is 34.0 Å². The van der Waals surface area contributed by atoms with E-state index in [-0.39, 0.29) is 0 Å². The molecule has 0 radical (unpaired) electrons. The molecule has 0 aliphatic carbocycles. The molecule has 0 saturated heterocycles. The predicted octanol–water partition coefficient (Wildman–Crippen LogP) is 2.94. The lowest BCUT2D eigenvalue weighted by Gasteiger charge is -2.21. The van der Waals surface area contributed by atoms with Gasteiger partial charge in [0, 0.05) is 30.9 Å². The fourth-order valence-electron chi connectivity index (χ4n) is 2.83. The summed E-state index contributed by atoms with van der Waals surface area (Å²) in [6.45, 7) is 6.73. The number of nitrogens with zero attached hydrogens (tertiary/aromatic N) is 1. The van der Waals surface area contributed by atoms with Crippen LogP contribution in [0.2, 0.25) is 0 Å². The standard InChI is InChI=1S/C16H21N3O/c1-11-15(12(2)20-19-11)10-17-9-13-5-3-7-16-14(13)6-4-8-18-16/h3,5,7,17-18H,4,6,8-10H2,1-2H3. The van der Waals surface area contributed by atoms with Crippen molar-refractivity contribution in [3.05, 3.63) is 46.3 Å². The normalized spacial score (nSPS) is 13.9. The lowest BCUT2D eigenvalue weighted by Crippen LogP contribution is -2.18. The number of hydrogen-bond donors (Lipinski definition) is 2. The number of aromatic nitrogens is 1. The molecule has 2 aromatic rings. The van der Waals surface area contributed by atoms with Crippen molar-refractivity contribution in [3.8, 4) is 0 Å². The maximum atomic E-state index is 5.19. The van der Waals surface area contributed by atoms with Crippen LogP contribution in [0.5, 0.6) is 0 Å². The number of rotatable bonds is 4. The molecule has 4 heteroatoms. The first-order chi connectivity index (χ1) is 9.75. The lowest BCUT2D eigenvalue weighted by atomic mass is 9.97. The Morgan fingerprint density at radius 1 is 1.30 bits per heavy atom. The van der Waals surface area contributed by atoms with Crippen LogP contribution in [0.3, 0.4) is 0 Å². The number of anilines is 1. The molecule has 0 fully saturated rings. The third-order valence-electron chi connectivity index (χ3n) is 3.99. The van der Waals surface area contributed by atoms with E-state index in [1.165, 1.54) is 35.2 Å². The van der Waals surface area contributed by atoms with E-state index in [4.69, 9.17) is 4.52 Å². The summed E-state index contributed by atoms with van der Waals surface area (Å²) in [5.74, 6) is 0.909. The topological polar surface area (TPSA) is 50.1 Å². The molecular formula is C16H21N3O. The Morgan fingerprint density at radius 2 is 2.20 bits per heavy atom. The van der Waals surface area contributed by atoms with Crippen molar-refractivity contribution in [1.29, 1.82) is 0 Å². The number of fused-ring (bicyclic) bond motifs is 1. The summed E-state index contributed by atoms with van der Waals surface area (Å²) in [6.07, 6.45) is 2.39. The average molecular weight is 271 g/mol. The van der Waals surface area contributed by atoms with E-state index < -0.39 is 0 Å². The zero-order valence-electron chi connectivity index (χ0n) is 12.1. The number of aryl methyl sites for hydroxylation is 2. The highest BCUT2D eigenvalue weighted by Crippen LogP contribution is 2.25. The van der Waals surface area contributed by atoms with Crippen molar-refractivity contribution in [2.75, 3.05) is 11.9 Å². The van der Waals surface area contributed by atoms with Crippen molar-refractivity contribution in [3.63, 3.8) is 0 Å². The Bertz CT molecular complexity index is 584. The van der Waals surface area contributed by atoms with Crippen LogP contribution in [0.1, 0.15) is 34.6 Å². The Balaban J connectivity index is 1.67. The Kier molecular flexibility index (Phi) is 3.74. The van der Waals surface area contributed by atoms with Crippen LogP contribution >= 0.6 is 0 Å². The zero-order chi connectivity index (χ0) is 13.9. The van der Waals surface area contributed by atoms with Crippen molar-refractivity contribution in [1.82, 2.24) is 10.5 Å². The molecule has 2 heterocycles. The third-order valence-corrected chi connectivity index (χ3v) is 3.99.